The van der Waals surface area contributed by atoms with Crippen molar-refractivity contribution in [3.8, 4) is 22.9 Å². The molecule has 4 aliphatic heterocycles. The van der Waals surface area contributed by atoms with Crippen LogP contribution in [-0.2, 0) is 53.1 Å². The van der Waals surface area contributed by atoms with Crippen LogP contribution in [0.1, 0.15) is 64.1 Å². The number of amides is 4. The number of carbonyl (C=O) groups excluding carboxylic acids is 2. The molecule has 0 radical (unpaired) electrons. The summed E-state index contributed by atoms with van der Waals surface area (Å²) < 4.78 is 73.5. The van der Waals surface area contributed by atoms with Crippen LogP contribution < -0.4 is 30.7 Å². The summed E-state index contributed by atoms with van der Waals surface area (Å²) in [4.78, 5) is 35.5. The monoisotopic (exact) mass is 1270 g/mol. The van der Waals surface area contributed by atoms with Crippen molar-refractivity contribution < 1.29 is 45.4 Å². The van der Waals surface area contributed by atoms with Crippen molar-refractivity contribution in [2.75, 3.05) is 149 Å². The van der Waals surface area contributed by atoms with Gasteiger partial charge in [-0.25, -0.2) is 35.8 Å². The van der Waals surface area contributed by atoms with Gasteiger partial charge in [0, 0.05) is 118 Å². The van der Waals surface area contributed by atoms with E-state index in [1.165, 1.54) is 0 Å². The molecule has 11 rings (SSSR count). The fourth-order valence-corrected chi connectivity index (χ4v) is 13.4. The Morgan fingerprint density at radius 3 is 1.38 bits per heavy atom. The topological polar surface area (TPSA) is 236 Å². The van der Waals surface area contributed by atoms with E-state index in [1.54, 1.807) is 9.36 Å². The molecule has 24 heteroatoms. The summed E-state index contributed by atoms with van der Waals surface area (Å²) >= 11 is 0. The highest BCUT2D eigenvalue weighted by molar-refractivity contribution is 7.91. The lowest BCUT2D eigenvalue weighted by molar-refractivity contribution is 0.0322. The van der Waals surface area contributed by atoms with Crippen LogP contribution in [0.4, 0.5) is 32.6 Å². The Kier molecular flexibility index (Phi) is 21.3. The summed E-state index contributed by atoms with van der Waals surface area (Å²) in [6, 6.07) is 38.0. The first-order valence-electron chi connectivity index (χ1n) is 31.0. The Morgan fingerprint density at radius 1 is 0.489 bits per heavy atom. The predicted octanol–water partition coefficient (Wildman–Crippen LogP) is 8.66. The zero-order chi connectivity index (χ0) is 63.5. The molecule has 4 amide bonds. The van der Waals surface area contributed by atoms with E-state index in [9.17, 15) is 26.4 Å². The number of morpholine rings is 2. The molecule has 4 saturated heterocycles. The molecule has 0 spiro atoms. The van der Waals surface area contributed by atoms with E-state index in [2.05, 4.69) is 82.4 Å². The molecular weight excluding hydrogens is 1180 g/mol. The first-order chi connectivity index (χ1) is 43.1. The van der Waals surface area contributed by atoms with Gasteiger partial charge < -0.3 is 29.6 Å². The highest BCUT2D eigenvalue weighted by Crippen LogP contribution is 2.33. The van der Waals surface area contributed by atoms with Crippen molar-refractivity contribution in [2.24, 2.45) is 0 Å². The highest BCUT2D eigenvalue weighted by atomic mass is 32.2. The van der Waals surface area contributed by atoms with E-state index >= 15 is 0 Å². The number of benzene rings is 5. The molecule has 2 aromatic heterocycles. The van der Waals surface area contributed by atoms with Gasteiger partial charge >= 0.3 is 12.1 Å². The van der Waals surface area contributed by atoms with E-state index in [0.717, 1.165) is 122 Å². The number of nitrogens with zero attached hydrogens (tertiary/aromatic N) is 8. The zero-order valence-electron chi connectivity index (χ0n) is 52.6. The second-order valence-electron chi connectivity index (χ2n) is 25.3. The van der Waals surface area contributed by atoms with Crippen LogP contribution >= 0.6 is 0 Å². The molecular formula is C66H86N12O10S2. The van der Waals surface area contributed by atoms with Crippen molar-refractivity contribution >= 4 is 65.5 Å². The number of sulfone groups is 2. The lowest BCUT2D eigenvalue weighted by Crippen LogP contribution is -2.39. The van der Waals surface area contributed by atoms with Crippen molar-refractivity contribution in [3.63, 3.8) is 0 Å². The largest absolute Gasteiger partial charge is 0.492 e. The Labute approximate surface area is 529 Å². The second kappa shape index (κ2) is 29.2. The number of urea groups is 2. The van der Waals surface area contributed by atoms with Crippen LogP contribution in [0.25, 0.3) is 22.1 Å². The summed E-state index contributed by atoms with van der Waals surface area (Å²) in [5.41, 5.74) is 6.36. The number of fused-ring (bicyclic) bond motifs is 1. The van der Waals surface area contributed by atoms with Gasteiger partial charge in [-0.15, -0.1) is 0 Å². The van der Waals surface area contributed by atoms with E-state index < -0.39 is 19.7 Å². The van der Waals surface area contributed by atoms with Crippen LogP contribution in [-0.4, -0.2) is 196 Å². The highest BCUT2D eigenvalue weighted by Gasteiger charge is 2.26. The minimum absolute atomic E-state index is 0.202. The number of anilines is 4. The summed E-state index contributed by atoms with van der Waals surface area (Å²) in [5.74, 6) is 3.45. The normalized spacial score (nSPS) is 17.6. The summed E-state index contributed by atoms with van der Waals surface area (Å²) in [7, 11) is -5.83. The van der Waals surface area contributed by atoms with Gasteiger partial charge in [-0.05, 0) is 71.8 Å². The number of aromatic nitrogens is 4. The molecule has 4 aliphatic rings. The number of ether oxygens (including phenoxy) is 4. The first-order valence-corrected chi connectivity index (χ1v) is 34.6. The molecule has 0 unspecified atom stereocenters. The van der Waals surface area contributed by atoms with Crippen LogP contribution in [0.3, 0.4) is 0 Å². The minimum Gasteiger partial charge on any atom is -0.492 e. The molecule has 90 heavy (non-hydrogen) atoms. The van der Waals surface area contributed by atoms with Gasteiger partial charge in [0.15, 0.2) is 19.7 Å². The smallest absolute Gasteiger partial charge is 0.324 e. The van der Waals surface area contributed by atoms with E-state index in [0.29, 0.717) is 75.5 Å². The van der Waals surface area contributed by atoms with Gasteiger partial charge in [0.25, 0.3) is 0 Å². The quantitative estimate of drug-likeness (QED) is 0.0629. The minimum atomic E-state index is -2.92. The molecule has 5 aromatic carbocycles. The average molecular weight is 1270 g/mol. The van der Waals surface area contributed by atoms with Crippen LogP contribution in [0.15, 0.2) is 121 Å². The standard InChI is InChI=1S/C35H44N6O5S.C31H42N6O5S/c1-35(2,3)32-24-33(41(38-32)27-10-8-26(9-11-27)25-40-17-22-47(43,44)23-18-40)37-34(42)36-30-12-13-31(29-7-5-4-6-28(29)30)46-21-16-39-14-19-45-20-15-39;1-31(2,3)28-22-29(37(34-28)26-8-4-24(5-9-26)23-36-15-20-43(39,40)21-16-36)33-30(38)32-25-6-10-27(11-7-25)42-19-14-35-12-17-41-18-13-35/h4-13,24H,14-23,25H2,1-3H3,(H2,36,37,42);4-11,22H,12-21,23H2,1-3H3,(H2,32,33,38). The third-order valence-corrected chi connectivity index (χ3v) is 19.5. The van der Waals surface area contributed by atoms with Crippen molar-refractivity contribution in [1.82, 2.24) is 39.2 Å². The molecule has 0 bridgehead atoms. The third kappa shape index (κ3) is 18.4. The number of hydrogen-bond acceptors (Lipinski definition) is 16. The van der Waals surface area contributed by atoms with Crippen molar-refractivity contribution in [3.05, 3.63) is 144 Å². The van der Waals surface area contributed by atoms with Crippen LogP contribution in [0, 0.1) is 0 Å². The average Bonchev–Trinajstić information content (AvgIpc) is 2.15. The van der Waals surface area contributed by atoms with Gasteiger partial charge in [0.05, 0.1) is 77.9 Å². The molecule has 4 N–H and O–H groups in total. The van der Waals surface area contributed by atoms with Crippen molar-refractivity contribution in [2.45, 2.75) is 65.5 Å². The van der Waals surface area contributed by atoms with Crippen molar-refractivity contribution in [1.29, 1.82) is 0 Å². The van der Waals surface area contributed by atoms with Gasteiger partial charge in [-0.1, -0.05) is 90.1 Å². The number of rotatable bonds is 18. The van der Waals surface area contributed by atoms with Crippen LogP contribution in [0.5, 0.6) is 11.5 Å². The first kappa shape index (κ1) is 65.5. The summed E-state index contributed by atoms with van der Waals surface area (Å²) in [6.45, 7) is 25.6. The molecule has 7 aromatic rings. The lowest BCUT2D eigenvalue weighted by atomic mass is 9.92. The van der Waals surface area contributed by atoms with Gasteiger partial charge in [0.2, 0.25) is 0 Å². The van der Waals surface area contributed by atoms with E-state index in [4.69, 9.17) is 29.1 Å². The number of hydrogen-bond donors (Lipinski definition) is 4. The predicted molar refractivity (Wildman–Crippen MR) is 354 cm³/mol. The van der Waals surface area contributed by atoms with E-state index in [-0.39, 0.29) is 45.9 Å². The van der Waals surface area contributed by atoms with Gasteiger partial charge in [0.1, 0.15) is 36.3 Å². The van der Waals surface area contributed by atoms with E-state index in [1.807, 2.05) is 121 Å². The SMILES string of the molecule is CC(C)(C)c1cc(NC(=O)Nc2ccc(OCCN3CCOCC3)c3ccccc23)n(-c2ccc(CN3CCS(=O)(=O)CC3)cc2)n1.CC(C)(C)c1cc(NC(=O)Nc2ccc(OCCN3CCOCC3)cc2)n(-c2ccc(CN3CCS(=O)(=O)CC3)cc2)n1. The molecule has 6 heterocycles. The summed E-state index contributed by atoms with van der Waals surface area (Å²) in [5, 5.41) is 23.4. The fraction of sp³-hybridized carbons (Fsp3) is 0.455. The van der Waals surface area contributed by atoms with Gasteiger partial charge in [-0.2, -0.15) is 10.2 Å². The lowest BCUT2D eigenvalue weighted by Gasteiger charge is -2.26. The van der Waals surface area contributed by atoms with Crippen LogP contribution in [0.2, 0.25) is 0 Å². The molecule has 0 atom stereocenters. The second-order valence-corrected chi connectivity index (χ2v) is 29.9. The maximum Gasteiger partial charge on any atom is 0.324 e. The number of carbonyl (C=O) groups is 2. The molecule has 0 aliphatic carbocycles. The third-order valence-electron chi connectivity index (χ3n) is 16.3. The number of nitrogens with one attached hydrogen (secondary N) is 4. The Balaban J connectivity index is 0.000000199. The Morgan fingerprint density at radius 2 is 0.922 bits per heavy atom. The molecule has 482 valence electrons. The Hall–Kier alpha value is -7.42. The maximum atomic E-state index is 13.5. The van der Waals surface area contributed by atoms with Gasteiger partial charge in [-0.3, -0.25) is 30.2 Å². The maximum absolute atomic E-state index is 13.5. The molecule has 0 saturated carbocycles. The summed E-state index contributed by atoms with van der Waals surface area (Å²) in [6.07, 6.45) is 0. The Bertz CT molecular complexity index is 3750. The fourth-order valence-electron chi connectivity index (χ4n) is 10.8. The zero-order valence-corrected chi connectivity index (χ0v) is 54.2. The molecule has 4 fully saturated rings. The molecule has 22 nitrogen and oxygen atoms in total.